The average molecular weight is 225 g/mol. The van der Waals surface area contributed by atoms with Gasteiger partial charge in [0.15, 0.2) is 0 Å². The Hall–Kier alpha value is -1.13. The van der Waals surface area contributed by atoms with Gasteiger partial charge in [-0.1, -0.05) is 30.3 Å². The Kier molecular flexibility index (Phi) is 4.05. The van der Waals surface area contributed by atoms with Gasteiger partial charge in [-0.15, -0.1) is 0 Å². The highest BCUT2D eigenvalue weighted by Crippen LogP contribution is 2.02. The Labute approximate surface area is 90.9 Å². The van der Waals surface area contributed by atoms with Crippen LogP contribution in [0.3, 0.4) is 0 Å². The van der Waals surface area contributed by atoms with E-state index in [4.69, 9.17) is 0 Å². The van der Waals surface area contributed by atoms with Crippen LogP contribution in [0.2, 0.25) is 0 Å². The largest absolute Gasteiger partial charge is 0.233 e. The Morgan fingerprint density at radius 1 is 1.20 bits per heavy atom. The topological polar surface area (TPSA) is 46.2 Å². The molecule has 0 aliphatic carbocycles. The highest BCUT2D eigenvalue weighted by atomic mass is 32.2. The summed E-state index contributed by atoms with van der Waals surface area (Å²) in [6.07, 6.45) is 1.57. The van der Waals surface area contributed by atoms with Crippen LogP contribution in [0.25, 0.3) is 6.08 Å². The lowest BCUT2D eigenvalue weighted by Gasteiger charge is -2.04. The molecule has 0 aliphatic heterocycles. The van der Waals surface area contributed by atoms with E-state index in [1.165, 1.54) is 5.41 Å². The maximum absolute atomic E-state index is 11.4. The fourth-order valence-corrected chi connectivity index (χ4v) is 2.17. The van der Waals surface area contributed by atoms with Crippen LogP contribution in [0.4, 0.5) is 0 Å². The van der Waals surface area contributed by atoms with Crippen molar-refractivity contribution in [2.45, 2.75) is 19.9 Å². The van der Waals surface area contributed by atoms with Gasteiger partial charge in [-0.25, -0.2) is 13.1 Å². The van der Waals surface area contributed by atoms with Crippen molar-refractivity contribution in [3.05, 3.63) is 41.3 Å². The third-order valence-corrected chi connectivity index (χ3v) is 2.93. The number of benzene rings is 1. The van der Waals surface area contributed by atoms with Crippen molar-refractivity contribution >= 4 is 16.1 Å². The lowest BCUT2D eigenvalue weighted by molar-refractivity contribution is 0.579. The summed E-state index contributed by atoms with van der Waals surface area (Å²) in [5, 5.41) is 1.18. The van der Waals surface area contributed by atoms with Gasteiger partial charge >= 0.3 is 0 Å². The Morgan fingerprint density at radius 3 is 2.33 bits per heavy atom. The maximum atomic E-state index is 11.4. The van der Waals surface area contributed by atoms with Crippen molar-refractivity contribution < 1.29 is 8.42 Å². The first-order valence-corrected chi connectivity index (χ1v) is 6.30. The first-order valence-electron chi connectivity index (χ1n) is 4.75. The minimum absolute atomic E-state index is 0.0876. The van der Waals surface area contributed by atoms with Crippen molar-refractivity contribution in [2.75, 3.05) is 0 Å². The van der Waals surface area contributed by atoms with E-state index in [1.807, 2.05) is 30.3 Å². The van der Waals surface area contributed by atoms with Gasteiger partial charge in [0.05, 0.1) is 0 Å². The highest BCUT2D eigenvalue weighted by molar-refractivity contribution is 7.92. The second kappa shape index (κ2) is 5.09. The minimum atomic E-state index is -3.31. The van der Waals surface area contributed by atoms with Crippen LogP contribution < -0.4 is 4.72 Å². The average Bonchev–Trinajstić information content (AvgIpc) is 2.15. The van der Waals surface area contributed by atoms with Crippen LogP contribution in [0.5, 0.6) is 0 Å². The van der Waals surface area contributed by atoms with Crippen molar-refractivity contribution in [2.24, 2.45) is 0 Å². The number of sulfonamides is 1. The first-order chi connectivity index (χ1) is 6.99. The number of nitrogens with one attached hydrogen (secondary N) is 1. The van der Waals surface area contributed by atoms with Gasteiger partial charge in [0.25, 0.3) is 0 Å². The van der Waals surface area contributed by atoms with Gasteiger partial charge in [-0.2, -0.15) is 0 Å². The van der Waals surface area contributed by atoms with Gasteiger partial charge in [-0.05, 0) is 25.5 Å². The summed E-state index contributed by atoms with van der Waals surface area (Å²) in [7, 11) is -3.31. The van der Waals surface area contributed by atoms with Crippen molar-refractivity contribution in [1.82, 2.24) is 4.72 Å². The van der Waals surface area contributed by atoms with E-state index >= 15 is 0 Å². The number of hydrogen-bond acceptors (Lipinski definition) is 2. The lowest BCUT2D eigenvalue weighted by atomic mass is 10.2. The molecule has 0 spiro atoms. The van der Waals surface area contributed by atoms with Crippen LogP contribution in [0, 0.1) is 0 Å². The molecule has 1 aromatic rings. The molecule has 0 fully saturated rings. The molecular weight excluding hydrogens is 210 g/mol. The van der Waals surface area contributed by atoms with E-state index < -0.39 is 10.0 Å². The predicted molar refractivity (Wildman–Crippen MR) is 62.7 cm³/mol. The molecule has 0 heterocycles. The predicted octanol–water partition coefficient (Wildman–Crippen LogP) is 1.99. The van der Waals surface area contributed by atoms with Gasteiger partial charge in [0, 0.05) is 11.4 Å². The summed E-state index contributed by atoms with van der Waals surface area (Å²) < 4.78 is 25.3. The van der Waals surface area contributed by atoms with Gasteiger partial charge < -0.3 is 0 Å². The zero-order chi connectivity index (χ0) is 11.3. The molecule has 1 aromatic carbocycles. The third-order valence-electron chi connectivity index (χ3n) is 1.64. The Morgan fingerprint density at radius 2 is 1.80 bits per heavy atom. The number of hydrogen-bond donors (Lipinski definition) is 1. The fourth-order valence-electron chi connectivity index (χ4n) is 1.10. The quantitative estimate of drug-likeness (QED) is 0.851. The minimum Gasteiger partial charge on any atom is -0.209 e. The van der Waals surface area contributed by atoms with E-state index in [0.717, 1.165) is 5.56 Å². The van der Waals surface area contributed by atoms with E-state index in [9.17, 15) is 8.42 Å². The SMILES string of the molecule is CC(C)NS(=O)(=O)/C=C/c1ccccc1. The van der Waals surface area contributed by atoms with Crippen LogP contribution in [0.1, 0.15) is 19.4 Å². The van der Waals surface area contributed by atoms with Gasteiger partial charge in [0.2, 0.25) is 10.0 Å². The van der Waals surface area contributed by atoms with Crippen molar-refractivity contribution in [3.63, 3.8) is 0 Å². The second-order valence-corrected chi connectivity index (χ2v) is 5.13. The summed E-state index contributed by atoms with van der Waals surface area (Å²) in [6.45, 7) is 3.57. The van der Waals surface area contributed by atoms with Crippen LogP contribution in [0.15, 0.2) is 35.7 Å². The monoisotopic (exact) mass is 225 g/mol. The Bertz CT molecular complexity index is 421. The van der Waals surface area contributed by atoms with E-state index in [2.05, 4.69) is 4.72 Å². The zero-order valence-electron chi connectivity index (χ0n) is 8.84. The lowest BCUT2D eigenvalue weighted by Crippen LogP contribution is -2.28. The van der Waals surface area contributed by atoms with Crippen molar-refractivity contribution in [1.29, 1.82) is 0 Å². The third kappa shape index (κ3) is 4.76. The molecule has 0 radical (unpaired) electrons. The van der Waals surface area contributed by atoms with E-state index in [-0.39, 0.29) is 6.04 Å². The standard InChI is InChI=1S/C11H15NO2S/c1-10(2)12-15(13,14)9-8-11-6-4-3-5-7-11/h3-10,12H,1-2H3/b9-8+. The molecule has 1 rings (SSSR count). The molecule has 0 saturated carbocycles. The molecule has 0 amide bonds. The maximum Gasteiger partial charge on any atom is 0.233 e. The molecule has 0 atom stereocenters. The fraction of sp³-hybridized carbons (Fsp3) is 0.273. The summed E-state index contributed by atoms with van der Waals surface area (Å²) in [5.41, 5.74) is 0.867. The molecule has 0 unspecified atom stereocenters. The molecular formula is C11H15NO2S. The van der Waals surface area contributed by atoms with Crippen LogP contribution in [-0.2, 0) is 10.0 Å². The summed E-state index contributed by atoms with van der Waals surface area (Å²) in [4.78, 5) is 0. The number of rotatable bonds is 4. The van der Waals surface area contributed by atoms with Crippen molar-refractivity contribution in [3.8, 4) is 0 Å². The molecule has 3 nitrogen and oxygen atoms in total. The normalized spacial score (nSPS) is 12.5. The summed E-state index contributed by atoms with van der Waals surface area (Å²) in [6, 6.07) is 9.22. The molecule has 0 aliphatic rings. The van der Waals surface area contributed by atoms with E-state index in [0.29, 0.717) is 0 Å². The van der Waals surface area contributed by atoms with Gasteiger partial charge in [0.1, 0.15) is 0 Å². The molecule has 0 bridgehead atoms. The molecule has 0 aromatic heterocycles. The molecule has 4 heteroatoms. The van der Waals surface area contributed by atoms with Crippen LogP contribution in [-0.4, -0.2) is 14.5 Å². The summed E-state index contributed by atoms with van der Waals surface area (Å²) >= 11 is 0. The molecule has 0 saturated heterocycles. The first kappa shape index (κ1) is 11.9. The smallest absolute Gasteiger partial charge is 0.209 e. The molecule has 1 N–H and O–H groups in total. The Balaban J connectivity index is 2.74. The zero-order valence-corrected chi connectivity index (χ0v) is 9.66. The van der Waals surface area contributed by atoms with E-state index in [1.54, 1.807) is 19.9 Å². The molecule has 82 valence electrons. The molecule has 15 heavy (non-hydrogen) atoms. The van der Waals surface area contributed by atoms with Gasteiger partial charge in [-0.3, -0.25) is 0 Å². The van der Waals surface area contributed by atoms with Crippen LogP contribution >= 0.6 is 0 Å². The highest BCUT2D eigenvalue weighted by Gasteiger charge is 2.05. The summed E-state index contributed by atoms with van der Waals surface area (Å²) in [5.74, 6) is 0. The second-order valence-electron chi connectivity index (χ2n) is 3.53.